The van der Waals surface area contributed by atoms with Crippen molar-refractivity contribution < 1.29 is 4.79 Å². The monoisotopic (exact) mass is 283 g/mol. The highest BCUT2D eigenvalue weighted by molar-refractivity contribution is 6.32. The first-order chi connectivity index (χ1) is 9.59. The zero-order valence-electron chi connectivity index (χ0n) is 11.3. The van der Waals surface area contributed by atoms with Gasteiger partial charge in [-0.25, -0.2) is 0 Å². The van der Waals surface area contributed by atoms with E-state index >= 15 is 0 Å². The molecule has 0 bridgehead atoms. The number of hydrogen-bond acceptors (Lipinski definition) is 1. The molecule has 2 nitrogen and oxygen atoms in total. The van der Waals surface area contributed by atoms with E-state index in [1.807, 2.05) is 50.2 Å². The fourth-order valence-electron chi connectivity index (χ4n) is 2.56. The minimum atomic E-state index is 0.0138. The van der Waals surface area contributed by atoms with E-state index in [1.165, 1.54) is 0 Å². The smallest absolute Gasteiger partial charge is 0.195 e. The van der Waals surface area contributed by atoms with Crippen LogP contribution in [0.4, 0.5) is 0 Å². The summed E-state index contributed by atoms with van der Waals surface area (Å²) >= 11 is 6.12. The van der Waals surface area contributed by atoms with Crippen LogP contribution in [0.25, 0.3) is 10.9 Å². The van der Waals surface area contributed by atoms with Crippen molar-refractivity contribution in [2.75, 3.05) is 0 Å². The first kappa shape index (κ1) is 12.9. The van der Waals surface area contributed by atoms with Gasteiger partial charge in [0.05, 0.1) is 5.56 Å². The Balaban J connectivity index is 2.23. The Morgan fingerprint density at radius 1 is 1.05 bits per heavy atom. The molecule has 100 valence electrons. The summed E-state index contributed by atoms with van der Waals surface area (Å²) in [6.45, 7) is 3.80. The summed E-state index contributed by atoms with van der Waals surface area (Å²) in [5.74, 6) is 0.0138. The first-order valence-electron chi connectivity index (χ1n) is 6.46. The predicted octanol–water partition coefficient (Wildman–Crippen LogP) is 4.67. The van der Waals surface area contributed by atoms with Crippen LogP contribution in [-0.4, -0.2) is 10.8 Å². The molecule has 0 unspecified atom stereocenters. The van der Waals surface area contributed by atoms with E-state index < -0.39 is 0 Å². The van der Waals surface area contributed by atoms with Crippen molar-refractivity contribution in [1.29, 1.82) is 0 Å². The van der Waals surface area contributed by atoms with Crippen LogP contribution in [0.5, 0.6) is 0 Å². The lowest BCUT2D eigenvalue weighted by Gasteiger charge is -2.07. The molecule has 0 aliphatic carbocycles. The van der Waals surface area contributed by atoms with Crippen molar-refractivity contribution in [2.45, 2.75) is 13.8 Å². The SMILES string of the molecule is Cc1[nH]c2ccccc2c1C(=O)c1cccc(Cl)c1C. The van der Waals surface area contributed by atoms with Gasteiger partial charge in [-0.2, -0.15) is 0 Å². The molecule has 0 radical (unpaired) electrons. The van der Waals surface area contributed by atoms with Gasteiger partial charge in [-0.1, -0.05) is 41.9 Å². The Bertz CT molecular complexity index is 817. The van der Waals surface area contributed by atoms with Gasteiger partial charge in [0.2, 0.25) is 0 Å². The summed E-state index contributed by atoms with van der Waals surface area (Å²) in [6, 6.07) is 13.3. The van der Waals surface area contributed by atoms with Crippen LogP contribution in [0.3, 0.4) is 0 Å². The van der Waals surface area contributed by atoms with E-state index in [1.54, 1.807) is 6.07 Å². The zero-order valence-corrected chi connectivity index (χ0v) is 12.1. The topological polar surface area (TPSA) is 32.9 Å². The molecule has 1 N–H and O–H groups in total. The normalized spacial score (nSPS) is 10.9. The fourth-order valence-corrected chi connectivity index (χ4v) is 2.73. The molecule has 0 amide bonds. The molecule has 2 aromatic carbocycles. The third-order valence-electron chi connectivity index (χ3n) is 3.63. The number of aromatic nitrogens is 1. The Labute approximate surface area is 122 Å². The molecule has 0 aliphatic rings. The molecule has 0 aliphatic heterocycles. The summed E-state index contributed by atoms with van der Waals surface area (Å²) in [5.41, 5.74) is 4.07. The van der Waals surface area contributed by atoms with Gasteiger partial charge < -0.3 is 4.98 Å². The second-order valence-electron chi connectivity index (χ2n) is 4.91. The van der Waals surface area contributed by atoms with Gasteiger partial charge in [-0.05, 0) is 31.5 Å². The molecule has 0 spiro atoms. The molecule has 3 aromatic rings. The Kier molecular flexibility index (Phi) is 3.11. The van der Waals surface area contributed by atoms with Gasteiger partial charge in [0.25, 0.3) is 0 Å². The number of halogens is 1. The lowest BCUT2D eigenvalue weighted by atomic mass is 9.97. The molecule has 0 atom stereocenters. The third kappa shape index (κ3) is 1.93. The van der Waals surface area contributed by atoms with E-state index in [9.17, 15) is 4.79 Å². The molecule has 0 saturated carbocycles. The van der Waals surface area contributed by atoms with E-state index in [-0.39, 0.29) is 5.78 Å². The van der Waals surface area contributed by atoms with Crippen molar-refractivity contribution in [3.05, 3.63) is 69.9 Å². The lowest BCUT2D eigenvalue weighted by Crippen LogP contribution is -2.05. The van der Waals surface area contributed by atoms with Crippen LogP contribution < -0.4 is 0 Å². The van der Waals surface area contributed by atoms with Crippen LogP contribution in [0.15, 0.2) is 42.5 Å². The quantitative estimate of drug-likeness (QED) is 0.681. The number of nitrogens with one attached hydrogen (secondary N) is 1. The van der Waals surface area contributed by atoms with Crippen LogP contribution in [0.1, 0.15) is 27.2 Å². The molecule has 0 saturated heterocycles. The van der Waals surface area contributed by atoms with E-state index in [0.29, 0.717) is 10.6 Å². The van der Waals surface area contributed by atoms with Crippen LogP contribution in [-0.2, 0) is 0 Å². The highest BCUT2D eigenvalue weighted by Gasteiger charge is 2.19. The number of para-hydroxylation sites is 1. The van der Waals surface area contributed by atoms with E-state index in [0.717, 1.165) is 27.7 Å². The van der Waals surface area contributed by atoms with Gasteiger partial charge in [0.15, 0.2) is 5.78 Å². The van der Waals surface area contributed by atoms with Gasteiger partial charge in [-0.15, -0.1) is 0 Å². The number of fused-ring (bicyclic) bond motifs is 1. The molecular weight excluding hydrogens is 270 g/mol. The number of aromatic amines is 1. The van der Waals surface area contributed by atoms with Crippen molar-refractivity contribution in [1.82, 2.24) is 4.98 Å². The summed E-state index contributed by atoms with van der Waals surface area (Å²) in [7, 11) is 0. The minimum Gasteiger partial charge on any atom is -0.358 e. The number of benzene rings is 2. The van der Waals surface area contributed by atoms with Crippen molar-refractivity contribution in [2.24, 2.45) is 0 Å². The lowest BCUT2D eigenvalue weighted by molar-refractivity contribution is 0.103. The maximum absolute atomic E-state index is 12.8. The number of carbonyl (C=O) groups excluding carboxylic acids is 1. The molecular formula is C17H14ClNO. The van der Waals surface area contributed by atoms with Crippen molar-refractivity contribution >= 4 is 28.3 Å². The Morgan fingerprint density at radius 2 is 1.80 bits per heavy atom. The molecule has 3 heteroatoms. The molecule has 3 rings (SSSR count). The molecule has 1 aromatic heterocycles. The third-order valence-corrected chi connectivity index (χ3v) is 4.04. The summed E-state index contributed by atoms with van der Waals surface area (Å²) < 4.78 is 0. The first-order valence-corrected chi connectivity index (χ1v) is 6.84. The van der Waals surface area contributed by atoms with Crippen LogP contribution in [0, 0.1) is 13.8 Å². The number of carbonyl (C=O) groups is 1. The second kappa shape index (κ2) is 4.80. The fraction of sp³-hybridized carbons (Fsp3) is 0.118. The van der Waals surface area contributed by atoms with Gasteiger partial charge in [0, 0.05) is 27.2 Å². The van der Waals surface area contributed by atoms with Crippen molar-refractivity contribution in [3.8, 4) is 0 Å². The second-order valence-corrected chi connectivity index (χ2v) is 5.32. The van der Waals surface area contributed by atoms with Gasteiger partial charge >= 0.3 is 0 Å². The van der Waals surface area contributed by atoms with E-state index in [2.05, 4.69) is 4.98 Å². The van der Waals surface area contributed by atoms with Gasteiger partial charge in [-0.3, -0.25) is 4.79 Å². The summed E-state index contributed by atoms with van der Waals surface area (Å²) in [6.07, 6.45) is 0. The molecule has 0 fully saturated rings. The largest absolute Gasteiger partial charge is 0.358 e. The number of ketones is 1. The average molecular weight is 284 g/mol. The number of aryl methyl sites for hydroxylation is 1. The highest BCUT2D eigenvalue weighted by Crippen LogP contribution is 2.27. The van der Waals surface area contributed by atoms with Crippen LogP contribution >= 0.6 is 11.6 Å². The molecule has 1 heterocycles. The number of H-pyrrole nitrogens is 1. The van der Waals surface area contributed by atoms with E-state index in [4.69, 9.17) is 11.6 Å². The maximum Gasteiger partial charge on any atom is 0.195 e. The summed E-state index contributed by atoms with van der Waals surface area (Å²) in [4.78, 5) is 16.1. The minimum absolute atomic E-state index is 0.0138. The highest BCUT2D eigenvalue weighted by atomic mass is 35.5. The molecule has 20 heavy (non-hydrogen) atoms. The number of rotatable bonds is 2. The zero-order chi connectivity index (χ0) is 14.3. The van der Waals surface area contributed by atoms with Crippen molar-refractivity contribution in [3.63, 3.8) is 0 Å². The van der Waals surface area contributed by atoms with Gasteiger partial charge in [0.1, 0.15) is 0 Å². The number of hydrogen-bond donors (Lipinski definition) is 1. The predicted molar refractivity (Wildman–Crippen MR) is 82.7 cm³/mol. The van der Waals surface area contributed by atoms with Crippen LogP contribution in [0.2, 0.25) is 5.02 Å². The standard InChI is InChI=1S/C17H14ClNO/c1-10-12(7-5-8-14(10)18)17(20)16-11(2)19-15-9-4-3-6-13(15)16/h3-9,19H,1-2H3. The maximum atomic E-state index is 12.8. The Morgan fingerprint density at radius 3 is 2.60 bits per heavy atom. The summed E-state index contributed by atoms with van der Waals surface area (Å²) in [5, 5.41) is 1.57. The Hall–Kier alpha value is -2.06. The average Bonchev–Trinajstić information content (AvgIpc) is 2.77.